The summed E-state index contributed by atoms with van der Waals surface area (Å²) in [6, 6.07) is 22.9. The zero-order chi connectivity index (χ0) is 24.8. The maximum absolute atomic E-state index is 12.9. The average molecular weight is 495 g/mol. The van der Waals surface area contributed by atoms with Crippen molar-refractivity contribution >= 4 is 27.3 Å². The Bertz CT molecular complexity index is 1240. The van der Waals surface area contributed by atoms with Crippen LogP contribution in [0.1, 0.15) is 5.56 Å². The highest BCUT2D eigenvalue weighted by atomic mass is 32.2. The summed E-state index contributed by atoms with van der Waals surface area (Å²) < 4.78 is 27.1. The number of sulfonamides is 1. The number of rotatable bonds is 8. The molecule has 3 aromatic carbocycles. The first-order valence-electron chi connectivity index (χ1n) is 11.5. The van der Waals surface area contributed by atoms with Crippen LogP contribution in [0, 0.1) is 0 Å². The molecule has 1 amide bonds. The van der Waals surface area contributed by atoms with Crippen molar-refractivity contribution in [3.05, 3.63) is 84.4 Å². The second-order valence-electron chi connectivity index (χ2n) is 8.57. The first-order valence-corrected chi connectivity index (χ1v) is 12.9. The number of aromatic hydroxyl groups is 1. The fraction of sp³-hybridized carbons (Fsp3) is 0.269. The van der Waals surface area contributed by atoms with Crippen molar-refractivity contribution in [2.45, 2.75) is 11.4 Å². The van der Waals surface area contributed by atoms with E-state index in [1.165, 1.54) is 16.4 Å². The Morgan fingerprint density at radius 2 is 1.54 bits per heavy atom. The Balaban J connectivity index is 1.28. The molecule has 0 bridgehead atoms. The standard InChI is InChI=1S/C26H30N4O4S/c1-28(19-21-7-3-2-4-8-21)35(33,34)23-13-11-22(12-14-23)27-26(32)20-29-15-17-30(18-16-29)24-9-5-6-10-25(24)31/h2-14,31H,15-20H2,1H3,(H,27,32). The van der Waals surface area contributed by atoms with Crippen molar-refractivity contribution in [1.82, 2.24) is 9.21 Å². The molecule has 1 aliphatic heterocycles. The van der Waals surface area contributed by atoms with E-state index in [0.717, 1.165) is 11.3 Å². The number of para-hydroxylation sites is 2. The molecule has 0 spiro atoms. The van der Waals surface area contributed by atoms with E-state index in [1.54, 1.807) is 31.3 Å². The Labute approximate surface area is 206 Å². The molecule has 184 valence electrons. The Morgan fingerprint density at radius 1 is 0.914 bits per heavy atom. The molecule has 0 saturated carbocycles. The molecule has 1 heterocycles. The van der Waals surface area contributed by atoms with Crippen LogP contribution in [0.5, 0.6) is 5.75 Å². The van der Waals surface area contributed by atoms with E-state index in [-0.39, 0.29) is 29.6 Å². The maximum Gasteiger partial charge on any atom is 0.243 e. The highest BCUT2D eigenvalue weighted by Gasteiger charge is 2.22. The molecule has 2 N–H and O–H groups in total. The van der Waals surface area contributed by atoms with Crippen molar-refractivity contribution in [3.8, 4) is 5.75 Å². The van der Waals surface area contributed by atoms with E-state index in [1.807, 2.05) is 42.5 Å². The Kier molecular flexibility index (Phi) is 7.70. The van der Waals surface area contributed by atoms with Crippen LogP contribution in [0.3, 0.4) is 0 Å². The number of hydrogen-bond donors (Lipinski definition) is 2. The number of anilines is 2. The van der Waals surface area contributed by atoms with Crippen LogP contribution in [0.15, 0.2) is 83.8 Å². The number of carbonyl (C=O) groups excluding carboxylic acids is 1. The van der Waals surface area contributed by atoms with Gasteiger partial charge in [0.05, 0.1) is 17.1 Å². The number of nitrogens with one attached hydrogen (secondary N) is 1. The van der Waals surface area contributed by atoms with Gasteiger partial charge in [-0.1, -0.05) is 42.5 Å². The van der Waals surface area contributed by atoms with Gasteiger partial charge in [0.1, 0.15) is 5.75 Å². The lowest BCUT2D eigenvalue weighted by Gasteiger charge is -2.35. The fourth-order valence-corrected chi connectivity index (χ4v) is 5.26. The summed E-state index contributed by atoms with van der Waals surface area (Å²) in [5.74, 6) is 0.105. The summed E-state index contributed by atoms with van der Waals surface area (Å²) >= 11 is 0. The van der Waals surface area contributed by atoms with Crippen molar-refractivity contribution < 1.29 is 18.3 Å². The van der Waals surface area contributed by atoms with Crippen molar-refractivity contribution in [1.29, 1.82) is 0 Å². The first-order chi connectivity index (χ1) is 16.8. The van der Waals surface area contributed by atoms with E-state index in [2.05, 4.69) is 15.1 Å². The molecule has 1 saturated heterocycles. The maximum atomic E-state index is 12.9. The van der Waals surface area contributed by atoms with Gasteiger partial charge in [-0.15, -0.1) is 0 Å². The third-order valence-corrected chi connectivity index (χ3v) is 7.87. The third kappa shape index (κ3) is 6.19. The van der Waals surface area contributed by atoms with Gasteiger partial charge >= 0.3 is 0 Å². The summed E-state index contributed by atoms with van der Waals surface area (Å²) in [5.41, 5.74) is 2.26. The van der Waals surface area contributed by atoms with Crippen LogP contribution >= 0.6 is 0 Å². The molecule has 0 atom stereocenters. The molecule has 4 rings (SSSR count). The van der Waals surface area contributed by atoms with Crippen LogP contribution in [0.4, 0.5) is 11.4 Å². The number of benzene rings is 3. The van der Waals surface area contributed by atoms with Crippen LogP contribution < -0.4 is 10.2 Å². The summed E-state index contributed by atoms with van der Waals surface area (Å²) in [6.45, 7) is 3.36. The SMILES string of the molecule is CN(Cc1ccccc1)S(=O)(=O)c1ccc(NC(=O)CN2CCN(c3ccccc3O)CC2)cc1. The number of nitrogens with zero attached hydrogens (tertiary/aromatic N) is 3. The van der Waals surface area contributed by atoms with Crippen LogP contribution in [-0.4, -0.2) is 68.4 Å². The molecule has 35 heavy (non-hydrogen) atoms. The molecule has 3 aromatic rings. The monoisotopic (exact) mass is 494 g/mol. The number of hydrogen-bond acceptors (Lipinski definition) is 6. The number of amides is 1. The van der Waals surface area contributed by atoms with E-state index in [4.69, 9.17) is 0 Å². The topological polar surface area (TPSA) is 93.2 Å². The second-order valence-corrected chi connectivity index (χ2v) is 10.6. The molecule has 0 aromatic heterocycles. The van der Waals surface area contributed by atoms with Gasteiger partial charge in [0.15, 0.2) is 0 Å². The van der Waals surface area contributed by atoms with E-state index in [0.29, 0.717) is 31.9 Å². The Hall–Kier alpha value is -3.40. The molecule has 1 aliphatic rings. The average Bonchev–Trinajstić information content (AvgIpc) is 2.86. The lowest BCUT2D eigenvalue weighted by Crippen LogP contribution is -2.48. The molecule has 9 heteroatoms. The van der Waals surface area contributed by atoms with Crippen molar-refractivity contribution in [3.63, 3.8) is 0 Å². The number of phenolic OH excluding ortho intramolecular Hbond substituents is 1. The van der Waals surface area contributed by atoms with Crippen LogP contribution in [-0.2, 0) is 21.4 Å². The van der Waals surface area contributed by atoms with Crippen LogP contribution in [0.2, 0.25) is 0 Å². The van der Waals surface area contributed by atoms with Gasteiger partial charge in [0.25, 0.3) is 0 Å². The lowest BCUT2D eigenvalue weighted by molar-refractivity contribution is -0.117. The summed E-state index contributed by atoms with van der Waals surface area (Å²) in [7, 11) is -2.09. The van der Waals surface area contributed by atoms with Gasteiger partial charge in [-0.3, -0.25) is 9.69 Å². The number of piperazine rings is 1. The highest BCUT2D eigenvalue weighted by molar-refractivity contribution is 7.89. The Morgan fingerprint density at radius 3 is 2.20 bits per heavy atom. The van der Waals surface area contributed by atoms with Crippen molar-refractivity contribution in [2.24, 2.45) is 0 Å². The van der Waals surface area contributed by atoms with Crippen LogP contribution in [0.25, 0.3) is 0 Å². The van der Waals surface area contributed by atoms with Gasteiger partial charge in [-0.2, -0.15) is 4.31 Å². The van der Waals surface area contributed by atoms with E-state index in [9.17, 15) is 18.3 Å². The molecule has 0 aliphatic carbocycles. The highest BCUT2D eigenvalue weighted by Crippen LogP contribution is 2.27. The summed E-state index contributed by atoms with van der Waals surface area (Å²) in [6.07, 6.45) is 0. The van der Waals surface area contributed by atoms with Gasteiger partial charge in [-0.05, 0) is 42.0 Å². The molecule has 1 fully saturated rings. The number of phenols is 1. The van der Waals surface area contributed by atoms with Gasteiger partial charge in [0, 0.05) is 45.5 Å². The largest absolute Gasteiger partial charge is 0.506 e. The zero-order valence-corrected chi connectivity index (χ0v) is 20.5. The molecular formula is C26H30N4O4S. The minimum absolute atomic E-state index is 0.155. The molecule has 8 nitrogen and oxygen atoms in total. The van der Waals surface area contributed by atoms with Gasteiger partial charge in [-0.25, -0.2) is 8.42 Å². The normalized spacial score (nSPS) is 14.7. The summed E-state index contributed by atoms with van der Waals surface area (Å²) in [4.78, 5) is 16.9. The first kappa shape index (κ1) is 24.7. The zero-order valence-electron chi connectivity index (χ0n) is 19.7. The second kappa shape index (κ2) is 10.9. The lowest BCUT2D eigenvalue weighted by atomic mass is 10.2. The van der Waals surface area contributed by atoms with Gasteiger partial charge < -0.3 is 15.3 Å². The predicted octanol–water partition coefficient (Wildman–Crippen LogP) is 2.97. The van der Waals surface area contributed by atoms with Crippen molar-refractivity contribution in [2.75, 3.05) is 50.0 Å². The minimum Gasteiger partial charge on any atom is -0.506 e. The minimum atomic E-state index is -3.65. The molecule has 0 unspecified atom stereocenters. The summed E-state index contributed by atoms with van der Waals surface area (Å²) in [5, 5.41) is 12.9. The molecule has 0 radical (unpaired) electrons. The smallest absolute Gasteiger partial charge is 0.243 e. The van der Waals surface area contributed by atoms with E-state index < -0.39 is 10.0 Å². The quantitative estimate of drug-likeness (QED) is 0.500. The molecular weight excluding hydrogens is 464 g/mol. The van der Waals surface area contributed by atoms with Gasteiger partial charge in [0.2, 0.25) is 15.9 Å². The predicted molar refractivity (Wildman–Crippen MR) is 137 cm³/mol. The number of carbonyl (C=O) groups is 1. The fourth-order valence-electron chi connectivity index (χ4n) is 4.10. The third-order valence-electron chi connectivity index (χ3n) is 6.06. The van der Waals surface area contributed by atoms with E-state index >= 15 is 0 Å².